The van der Waals surface area contributed by atoms with E-state index in [4.69, 9.17) is 4.74 Å². The zero-order valence-electron chi connectivity index (χ0n) is 15.3. The van der Waals surface area contributed by atoms with Gasteiger partial charge in [0.25, 0.3) is 0 Å². The van der Waals surface area contributed by atoms with Crippen molar-refractivity contribution in [3.05, 3.63) is 60.2 Å². The molecule has 0 bridgehead atoms. The SMILES string of the molecule is CCCOc1ccc(S(=O)(=O)NCC(C)(O)CCc2ccccc2)cc1. The van der Waals surface area contributed by atoms with Crippen LogP contribution < -0.4 is 9.46 Å². The maximum atomic E-state index is 12.4. The van der Waals surface area contributed by atoms with E-state index in [1.165, 1.54) is 12.1 Å². The number of benzene rings is 2. The summed E-state index contributed by atoms with van der Waals surface area (Å²) in [5.41, 5.74) is -0.0223. The first-order chi connectivity index (χ1) is 12.3. The number of nitrogens with one attached hydrogen (secondary N) is 1. The zero-order chi connectivity index (χ0) is 19.0. The van der Waals surface area contributed by atoms with E-state index < -0.39 is 15.6 Å². The molecule has 0 saturated heterocycles. The predicted octanol–water partition coefficient (Wildman–Crippen LogP) is 3.14. The van der Waals surface area contributed by atoms with Crippen LogP contribution in [-0.4, -0.2) is 32.3 Å². The Balaban J connectivity index is 1.91. The summed E-state index contributed by atoms with van der Waals surface area (Å²) in [6.45, 7) is 4.19. The number of aliphatic hydroxyl groups is 1. The number of aryl methyl sites for hydroxylation is 1. The van der Waals surface area contributed by atoms with Gasteiger partial charge in [0.2, 0.25) is 10.0 Å². The number of rotatable bonds is 10. The minimum Gasteiger partial charge on any atom is -0.494 e. The van der Waals surface area contributed by atoms with Gasteiger partial charge in [0.05, 0.1) is 17.1 Å². The summed E-state index contributed by atoms with van der Waals surface area (Å²) < 4.78 is 32.8. The third kappa shape index (κ3) is 6.44. The number of hydrogen-bond donors (Lipinski definition) is 2. The van der Waals surface area contributed by atoms with Crippen LogP contribution in [0.2, 0.25) is 0 Å². The first-order valence-electron chi connectivity index (χ1n) is 8.81. The lowest BCUT2D eigenvalue weighted by Crippen LogP contribution is -2.40. The molecule has 0 heterocycles. The number of sulfonamides is 1. The average molecular weight is 378 g/mol. The van der Waals surface area contributed by atoms with Gasteiger partial charge < -0.3 is 9.84 Å². The van der Waals surface area contributed by atoms with Crippen LogP contribution in [0.15, 0.2) is 59.5 Å². The highest BCUT2D eigenvalue weighted by Crippen LogP contribution is 2.18. The highest BCUT2D eigenvalue weighted by Gasteiger charge is 2.24. The standard InChI is InChI=1S/C20H27NO4S/c1-3-15-25-18-9-11-19(12-10-18)26(23,24)21-16-20(2,22)14-13-17-7-5-4-6-8-17/h4-12,21-22H,3,13-16H2,1-2H3. The molecule has 2 rings (SSSR count). The van der Waals surface area contributed by atoms with Gasteiger partial charge in [-0.05, 0) is 56.0 Å². The Labute approximate surface area is 156 Å². The summed E-state index contributed by atoms with van der Waals surface area (Å²) >= 11 is 0. The topological polar surface area (TPSA) is 75.6 Å². The summed E-state index contributed by atoms with van der Waals surface area (Å²) in [6, 6.07) is 16.1. The van der Waals surface area contributed by atoms with E-state index in [1.54, 1.807) is 19.1 Å². The number of ether oxygens (including phenoxy) is 1. The van der Waals surface area contributed by atoms with Gasteiger partial charge in [-0.3, -0.25) is 0 Å². The third-order valence-corrected chi connectivity index (χ3v) is 5.46. The first kappa shape index (κ1) is 20.4. The Bertz CT molecular complexity index is 771. The van der Waals surface area contributed by atoms with Crippen molar-refractivity contribution in [3.63, 3.8) is 0 Å². The molecule has 26 heavy (non-hydrogen) atoms. The third-order valence-electron chi connectivity index (χ3n) is 4.04. The molecule has 5 nitrogen and oxygen atoms in total. The van der Waals surface area contributed by atoms with E-state index >= 15 is 0 Å². The summed E-state index contributed by atoms with van der Waals surface area (Å²) in [7, 11) is -3.68. The second-order valence-electron chi connectivity index (χ2n) is 6.63. The molecule has 0 amide bonds. The van der Waals surface area contributed by atoms with E-state index in [9.17, 15) is 13.5 Å². The van der Waals surface area contributed by atoms with Crippen molar-refractivity contribution >= 4 is 10.0 Å². The van der Waals surface area contributed by atoms with Crippen LogP contribution in [0.1, 0.15) is 32.3 Å². The van der Waals surface area contributed by atoms with Crippen LogP contribution in [-0.2, 0) is 16.4 Å². The molecule has 0 aliphatic heterocycles. The van der Waals surface area contributed by atoms with Crippen LogP contribution in [0.4, 0.5) is 0 Å². The largest absolute Gasteiger partial charge is 0.494 e. The highest BCUT2D eigenvalue weighted by molar-refractivity contribution is 7.89. The fraction of sp³-hybridized carbons (Fsp3) is 0.400. The van der Waals surface area contributed by atoms with E-state index in [1.807, 2.05) is 37.3 Å². The monoisotopic (exact) mass is 377 g/mol. The molecule has 0 aromatic heterocycles. The lowest BCUT2D eigenvalue weighted by Gasteiger charge is -2.23. The molecule has 0 aliphatic carbocycles. The molecule has 1 unspecified atom stereocenters. The zero-order valence-corrected chi connectivity index (χ0v) is 16.1. The first-order valence-corrected chi connectivity index (χ1v) is 10.3. The molecule has 0 spiro atoms. The van der Waals surface area contributed by atoms with Crippen molar-refractivity contribution in [3.8, 4) is 5.75 Å². The maximum absolute atomic E-state index is 12.4. The van der Waals surface area contributed by atoms with Crippen molar-refractivity contribution in [2.45, 2.75) is 43.6 Å². The van der Waals surface area contributed by atoms with Gasteiger partial charge in [0, 0.05) is 6.54 Å². The Hall–Kier alpha value is -1.89. The molecule has 0 radical (unpaired) electrons. The molecule has 142 valence electrons. The molecular formula is C20H27NO4S. The van der Waals surface area contributed by atoms with Gasteiger partial charge >= 0.3 is 0 Å². The van der Waals surface area contributed by atoms with Gasteiger partial charge in [0.15, 0.2) is 0 Å². The summed E-state index contributed by atoms with van der Waals surface area (Å²) in [6.07, 6.45) is 2.03. The quantitative estimate of drug-likeness (QED) is 0.667. The van der Waals surface area contributed by atoms with Gasteiger partial charge in [-0.15, -0.1) is 0 Å². The predicted molar refractivity (Wildman–Crippen MR) is 103 cm³/mol. The summed E-state index contributed by atoms with van der Waals surface area (Å²) in [4.78, 5) is 0.153. The van der Waals surface area contributed by atoms with Crippen molar-refractivity contribution < 1.29 is 18.3 Å². The average Bonchev–Trinajstić information content (AvgIpc) is 2.65. The van der Waals surface area contributed by atoms with Crippen molar-refractivity contribution in [2.75, 3.05) is 13.2 Å². The van der Waals surface area contributed by atoms with Crippen LogP contribution in [0.3, 0.4) is 0 Å². The molecule has 2 aromatic carbocycles. The van der Waals surface area contributed by atoms with Gasteiger partial charge in [0.1, 0.15) is 5.75 Å². The smallest absolute Gasteiger partial charge is 0.240 e. The molecular weight excluding hydrogens is 350 g/mol. The normalized spacial score (nSPS) is 14.0. The molecule has 2 N–H and O–H groups in total. The number of hydrogen-bond acceptors (Lipinski definition) is 4. The molecule has 0 aliphatic rings. The second-order valence-corrected chi connectivity index (χ2v) is 8.39. The van der Waals surface area contributed by atoms with E-state index in [0.717, 1.165) is 12.0 Å². The van der Waals surface area contributed by atoms with Crippen LogP contribution in [0.5, 0.6) is 5.75 Å². The van der Waals surface area contributed by atoms with E-state index in [-0.39, 0.29) is 11.4 Å². The molecule has 1 atom stereocenters. The van der Waals surface area contributed by atoms with Crippen LogP contribution in [0.25, 0.3) is 0 Å². The van der Waals surface area contributed by atoms with Gasteiger partial charge in [-0.2, -0.15) is 0 Å². The molecule has 2 aromatic rings. The van der Waals surface area contributed by atoms with Crippen molar-refractivity contribution in [2.24, 2.45) is 0 Å². The fourth-order valence-corrected chi connectivity index (χ4v) is 3.58. The summed E-state index contributed by atoms with van der Waals surface area (Å²) in [5, 5.41) is 10.5. The van der Waals surface area contributed by atoms with Crippen molar-refractivity contribution in [1.82, 2.24) is 4.72 Å². The Morgan fingerprint density at radius 3 is 2.35 bits per heavy atom. The fourth-order valence-electron chi connectivity index (χ4n) is 2.42. The lowest BCUT2D eigenvalue weighted by molar-refractivity contribution is 0.0565. The Morgan fingerprint density at radius 1 is 1.08 bits per heavy atom. The maximum Gasteiger partial charge on any atom is 0.240 e. The van der Waals surface area contributed by atoms with E-state index in [2.05, 4.69) is 4.72 Å². The Morgan fingerprint density at radius 2 is 1.73 bits per heavy atom. The van der Waals surface area contributed by atoms with Crippen molar-refractivity contribution in [1.29, 1.82) is 0 Å². The lowest BCUT2D eigenvalue weighted by atomic mass is 9.97. The van der Waals surface area contributed by atoms with Crippen LogP contribution >= 0.6 is 0 Å². The minimum atomic E-state index is -3.68. The molecule has 0 fully saturated rings. The van der Waals surface area contributed by atoms with Gasteiger partial charge in [-0.1, -0.05) is 37.3 Å². The highest BCUT2D eigenvalue weighted by atomic mass is 32.2. The minimum absolute atomic E-state index is 0.0454. The molecule has 0 saturated carbocycles. The van der Waals surface area contributed by atoms with E-state index in [0.29, 0.717) is 25.2 Å². The Kier molecular flexibility index (Phi) is 7.20. The molecule has 6 heteroatoms. The van der Waals surface area contributed by atoms with Gasteiger partial charge in [-0.25, -0.2) is 13.1 Å². The second kappa shape index (κ2) is 9.16. The summed E-state index contributed by atoms with van der Waals surface area (Å²) in [5.74, 6) is 0.639. The van der Waals surface area contributed by atoms with Crippen LogP contribution in [0, 0.1) is 0 Å².